The number of rotatable bonds is 3. The molecule has 0 radical (unpaired) electrons. The molecule has 1 aromatic carbocycles. The summed E-state index contributed by atoms with van der Waals surface area (Å²) < 4.78 is 2.16. The molecule has 2 aliphatic heterocycles. The summed E-state index contributed by atoms with van der Waals surface area (Å²) in [5.74, 6) is 0. The number of nitrogens with one attached hydrogen (secondary N) is 2. The summed E-state index contributed by atoms with van der Waals surface area (Å²) in [7, 11) is 0. The number of H-pyrrole nitrogens is 1. The minimum atomic E-state index is -0.208. The molecule has 7 nitrogen and oxygen atoms in total. The number of urea groups is 1. The van der Waals surface area contributed by atoms with E-state index in [1.807, 2.05) is 23.4 Å². The molecule has 1 saturated heterocycles. The van der Waals surface area contributed by atoms with Crippen molar-refractivity contribution in [2.45, 2.75) is 56.5 Å². The smallest absolute Gasteiger partial charge is 0.318 e. The summed E-state index contributed by atoms with van der Waals surface area (Å²) in [4.78, 5) is 23.3. The van der Waals surface area contributed by atoms with Crippen LogP contribution in [0, 0.1) is 6.92 Å². The van der Waals surface area contributed by atoms with Crippen molar-refractivity contribution >= 4 is 17.1 Å². The van der Waals surface area contributed by atoms with E-state index >= 15 is 0 Å². The largest absolute Gasteiger partial charge is 0.346 e. The molecule has 7 rings (SSSR count). The van der Waals surface area contributed by atoms with Crippen LogP contribution in [0.2, 0.25) is 0 Å². The van der Waals surface area contributed by atoms with Crippen LogP contribution < -0.4 is 5.32 Å². The number of likely N-dealkylation sites (tertiary alicyclic amines) is 1. The number of pyridine rings is 1. The molecule has 7 heteroatoms. The van der Waals surface area contributed by atoms with Gasteiger partial charge in [-0.25, -0.2) is 9.78 Å². The number of carbonyl (C=O) groups is 1. The van der Waals surface area contributed by atoms with E-state index in [1.54, 1.807) is 0 Å². The number of aromatic nitrogens is 4. The Bertz CT molecular complexity index is 1430. The van der Waals surface area contributed by atoms with Crippen molar-refractivity contribution in [2.24, 2.45) is 0 Å². The molecular weight excluding hydrogens is 436 g/mol. The van der Waals surface area contributed by atoms with Crippen molar-refractivity contribution in [2.75, 3.05) is 13.1 Å². The topological polar surface area (TPSA) is 78.8 Å². The molecule has 35 heavy (non-hydrogen) atoms. The number of carbonyl (C=O) groups excluding carboxylic acids is 1. The Morgan fingerprint density at radius 3 is 2.71 bits per heavy atom. The average Bonchev–Trinajstić information content (AvgIpc) is 3.63. The molecule has 178 valence electrons. The molecule has 0 bridgehead atoms. The van der Waals surface area contributed by atoms with Gasteiger partial charge in [-0.2, -0.15) is 5.10 Å². The zero-order valence-electron chi connectivity index (χ0n) is 20.1. The standard InChI is InChI=1S/C28H30N6O/c1-19-16-29-25-22(19)14-20(17-30-25)23-15-24-27(11-13-34(24)32-23)10-12-33(18-27)26(35)31-28(8-5-9-28)21-6-3-2-4-7-21/h2-4,6-7,14-17H,5,8-13,18H2,1H3,(H,29,30)(H,31,35). The van der Waals surface area contributed by atoms with Crippen molar-refractivity contribution < 1.29 is 4.79 Å². The van der Waals surface area contributed by atoms with Gasteiger partial charge in [-0.1, -0.05) is 30.3 Å². The second-order valence-electron chi connectivity index (χ2n) is 10.7. The summed E-state index contributed by atoms with van der Waals surface area (Å²) in [6.07, 6.45) is 9.10. The van der Waals surface area contributed by atoms with Crippen LogP contribution in [0.1, 0.15) is 48.9 Å². The minimum Gasteiger partial charge on any atom is -0.346 e. The molecule has 1 atom stereocenters. The lowest BCUT2D eigenvalue weighted by atomic mass is 9.72. The van der Waals surface area contributed by atoms with Gasteiger partial charge in [0.15, 0.2) is 0 Å². The van der Waals surface area contributed by atoms with Gasteiger partial charge >= 0.3 is 6.03 Å². The molecule has 3 aromatic heterocycles. The Hall–Kier alpha value is -3.61. The quantitative estimate of drug-likeness (QED) is 0.452. The normalized spacial score (nSPS) is 22.5. The van der Waals surface area contributed by atoms with Crippen LogP contribution in [0.5, 0.6) is 0 Å². The highest BCUT2D eigenvalue weighted by Gasteiger charge is 2.48. The maximum absolute atomic E-state index is 13.4. The van der Waals surface area contributed by atoms with Crippen molar-refractivity contribution in [1.82, 2.24) is 30.0 Å². The highest BCUT2D eigenvalue weighted by molar-refractivity contribution is 5.84. The van der Waals surface area contributed by atoms with Gasteiger partial charge < -0.3 is 15.2 Å². The molecule has 4 aromatic rings. The lowest BCUT2D eigenvalue weighted by Gasteiger charge is -2.44. The predicted molar refractivity (Wildman–Crippen MR) is 135 cm³/mol. The van der Waals surface area contributed by atoms with E-state index in [0.29, 0.717) is 0 Å². The number of benzene rings is 1. The Balaban J connectivity index is 1.12. The van der Waals surface area contributed by atoms with Gasteiger partial charge in [-0.3, -0.25) is 4.68 Å². The predicted octanol–water partition coefficient (Wildman–Crippen LogP) is 4.87. The van der Waals surface area contributed by atoms with Gasteiger partial charge in [0.1, 0.15) is 5.65 Å². The van der Waals surface area contributed by atoms with Gasteiger partial charge in [-0.15, -0.1) is 0 Å². The summed E-state index contributed by atoms with van der Waals surface area (Å²) in [5, 5.41) is 9.50. The van der Waals surface area contributed by atoms with Crippen molar-refractivity contribution in [3.63, 3.8) is 0 Å². The second-order valence-corrected chi connectivity index (χ2v) is 10.7. The third-order valence-electron chi connectivity index (χ3n) is 8.68. The fourth-order valence-corrected chi connectivity index (χ4v) is 6.39. The number of aryl methyl sites for hydroxylation is 2. The monoisotopic (exact) mass is 466 g/mol. The first-order chi connectivity index (χ1) is 17.1. The molecule has 1 spiro atoms. The Kier molecular flexibility index (Phi) is 4.41. The lowest BCUT2D eigenvalue weighted by molar-refractivity contribution is 0.154. The number of fused-ring (bicyclic) bond motifs is 3. The van der Waals surface area contributed by atoms with Crippen molar-refractivity contribution in [3.05, 3.63) is 71.7 Å². The maximum Gasteiger partial charge on any atom is 0.318 e. The fraction of sp³-hybridized carbons (Fsp3) is 0.393. The Morgan fingerprint density at radius 1 is 1.09 bits per heavy atom. The third-order valence-corrected chi connectivity index (χ3v) is 8.68. The number of amides is 2. The molecule has 2 N–H and O–H groups in total. The first-order valence-corrected chi connectivity index (χ1v) is 12.7. The maximum atomic E-state index is 13.4. The highest BCUT2D eigenvalue weighted by Crippen LogP contribution is 2.45. The van der Waals surface area contributed by atoms with E-state index in [1.165, 1.54) is 16.8 Å². The van der Waals surface area contributed by atoms with Gasteiger partial charge in [-0.05, 0) is 62.3 Å². The molecule has 5 heterocycles. The van der Waals surface area contributed by atoms with Crippen molar-refractivity contribution in [1.29, 1.82) is 0 Å². The lowest BCUT2D eigenvalue weighted by Crippen LogP contribution is -2.54. The molecule has 2 fully saturated rings. The number of aromatic amines is 1. The minimum absolute atomic E-state index is 0.0103. The van der Waals surface area contributed by atoms with Crippen molar-refractivity contribution in [3.8, 4) is 11.3 Å². The second kappa shape index (κ2) is 7.44. The Morgan fingerprint density at radius 2 is 1.91 bits per heavy atom. The van der Waals surface area contributed by atoms with E-state index in [0.717, 1.165) is 74.0 Å². The molecule has 1 saturated carbocycles. The molecule has 3 aliphatic rings. The van der Waals surface area contributed by atoms with Crippen LogP contribution in [0.25, 0.3) is 22.3 Å². The summed E-state index contributed by atoms with van der Waals surface area (Å²) in [6, 6.07) is 14.9. The summed E-state index contributed by atoms with van der Waals surface area (Å²) in [6.45, 7) is 4.53. The van der Waals surface area contributed by atoms with E-state index < -0.39 is 0 Å². The van der Waals surface area contributed by atoms with Crippen LogP contribution in [0.3, 0.4) is 0 Å². The molecular formula is C28H30N6O. The SMILES string of the molecule is Cc1c[nH]c2ncc(-c3cc4n(n3)CCC43CCN(C(=O)NC4(c5ccccc5)CCC4)C3)cc12. The average molecular weight is 467 g/mol. The molecule has 1 unspecified atom stereocenters. The number of nitrogens with zero attached hydrogens (tertiary/aromatic N) is 4. The zero-order valence-corrected chi connectivity index (χ0v) is 20.1. The van der Waals surface area contributed by atoms with Gasteiger partial charge in [0.25, 0.3) is 0 Å². The van der Waals surface area contributed by atoms with E-state index in [2.05, 4.69) is 63.3 Å². The molecule has 2 amide bonds. The summed E-state index contributed by atoms with van der Waals surface area (Å²) >= 11 is 0. The summed E-state index contributed by atoms with van der Waals surface area (Å²) in [5.41, 5.74) is 6.37. The van der Waals surface area contributed by atoms with E-state index in [4.69, 9.17) is 5.10 Å². The zero-order chi connectivity index (χ0) is 23.6. The van der Waals surface area contributed by atoms with Gasteiger partial charge in [0.05, 0.1) is 11.2 Å². The Labute approximate surface area is 204 Å². The first-order valence-electron chi connectivity index (χ1n) is 12.7. The van der Waals surface area contributed by atoms with Crippen LogP contribution >= 0.6 is 0 Å². The van der Waals surface area contributed by atoms with Crippen LogP contribution in [-0.4, -0.2) is 43.8 Å². The first kappa shape index (κ1) is 20.7. The highest BCUT2D eigenvalue weighted by atomic mass is 16.2. The van der Waals surface area contributed by atoms with Crippen LogP contribution in [0.15, 0.2) is 54.9 Å². The number of hydrogen-bond donors (Lipinski definition) is 2. The fourth-order valence-electron chi connectivity index (χ4n) is 6.39. The van der Waals surface area contributed by atoms with Gasteiger partial charge in [0, 0.05) is 54.1 Å². The molecule has 1 aliphatic carbocycles. The van der Waals surface area contributed by atoms with Gasteiger partial charge in [0.2, 0.25) is 0 Å². The van der Waals surface area contributed by atoms with Crippen LogP contribution in [-0.2, 0) is 17.5 Å². The van der Waals surface area contributed by atoms with E-state index in [-0.39, 0.29) is 17.0 Å². The van der Waals surface area contributed by atoms with E-state index in [9.17, 15) is 4.79 Å². The third kappa shape index (κ3) is 3.14. The van der Waals surface area contributed by atoms with Crippen LogP contribution in [0.4, 0.5) is 4.79 Å². The number of hydrogen-bond acceptors (Lipinski definition) is 3.